The number of hydrogen-bond donors (Lipinski definition) is 0. The summed E-state index contributed by atoms with van der Waals surface area (Å²) in [6.07, 6.45) is 3.85. The molecule has 2 rings (SSSR count). The number of carbonyl (C=O) groups excluding carboxylic acids is 1. The summed E-state index contributed by atoms with van der Waals surface area (Å²) in [5.74, 6) is -0.284. The van der Waals surface area contributed by atoms with Gasteiger partial charge in [0.15, 0.2) is 0 Å². The topological polar surface area (TPSA) is 26.3 Å². The van der Waals surface area contributed by atoms with E-state index in [1.807, 2.05) is 12.1 Å². The maximum Gasteiger partial charge on any atom is 0.333 e. The van der Waals surface area contributed by atoms with Gasteiger partial charge in [-0.2, -0.15) is 0 Å². The predicted octanol–water partition coefficient (Wildman–Crippen LogP) is 3.75. The number of rotatable bonds is 3. The Morgan fingerprint density at radius 3 is 2.83 bits per heavy atom. The minimum Gasteiger partial charge on any atom is -0.451 e. The fourth-order valence-electron chi connectivity index (χ4n) is 2.69. The third-order valence-electron chi connectivity index (χ3n) is 3.74. The van der Waals surface area contributed by atoms with Crippen LogP contribution in [0, 0.1) is 0 Å². The molecular weight excluding hydrogens is 224 g/mol. The van der Waals surface area contributed by atoms with Crippen molar-refractivity contribution in [2.24, 2.45) is 0 Å². The van der Waals surface area contributed by atoms with Crippen molar-refractivity contribution in [3.05, 3.63) is 47.5 Å². The molecule has 0 bridgehead atoms. The highest BCUT2D eigenvalue weighted by atomic mass is 16.6. The van der Waals surface area contributed by atoms with Crippen molar-refractivity contribution in [2.45, 2.75) is 45.1 Å². The van der Waals surface area contributed by atoms with Crippen LogP contribution in [0.4, 0.5) is 0 Å². The Morgan fingerprint density at radius 2 is 2.17 bits per heavy atom. The molecule has 0 fully saturated rings. The molecule has 0 aliphatic heterocycles. The highest BCUT2D eigenvalue weighted by Gasteiger charge is 2.38. The van der Waals surface area contributed by atoms with Gasteiger partial charge < -0.3 is 4.74 Å². The minimum atomic E-state index is -0.453. The van der Waals surface area contributed by atoms with Gasteiger partial charge in [-0.05, 0) is 43.7 Å². The maximum atomic E-state index is 11.9. The van der Waals surface area contributed by atoms with Crippen LogP contribution in [-0.2, 0) is 21.6 Å². The first-order chi connectivity index (χ1) is 8.59. The zero-order valence-corrected chi connectivity index (χ0v) is 11.2. The van der Waals surface area contributed by atoms with Crippen LogP contribution in [0.25, 0.3) is 0 Å². The quantitative estimate of drug-likeness (QED) is 0.598. The van der Waals surface area contributed by atoms with Crippen molar-refractivity contribution in [1.29, 1.82) is 0 Å². The van der Waals surface area contributed by atoms with Gasteiger partial charge in [0.1, 0.15) is 5.60 Å². The van der Waals surface area contributed by atoms with Gasteiger partial charge in [-0.25, -0.2) is 4.79 Å². The summed E-state index contributed by atoms with van der Waals surface area (Å²) >= 11 is 0. The Bertz CT molecular complexity index is 476. The van der Waals surface area contributed by atoms with Crippen molar-refractivity contribution in [2.75, 3.05) is 0 Å². The predicted molar refractivity (Wildman–Crippen MR) is 72.3 cm³/mol. The Morgan fingerprint density at radius 1 is 1.44 bits per heavy atom. The van der Waals surface area contributed by atoms with Crippen LogP contribution < -0.4 is 0 Å². The summed E-state index contributed by atoms with van der Waals surface area (Å²) < 4.78 is 5.78. The van der Waals surface area contributed by atoms with Crippen LogP contribution in [0.2, 0.25) is 0 Å². The average Bonchev–Trinajstić information content (AvgIpc) is 2.39. The molecule has 0 N–H and O–H groups in total. The first-order valence-corrected chi connectivity index (χ1v) is 6.56. The second-order valence-electron chi connectivity index (χ2n) is 5.03. The molecule has 1 aromatic rings. The van der Waals surface area contributed by atoms with E-state index in [0.29, 0.717) is 5.57 Å². The normalized spacial score (nSPS) is 22.1. The zero-order chi connectivity index (χ0) is 13.2. The van der Waals surface area contributed by atoms with Crippen LogP contribution in [0.1, 0.15) is 44.2 Å². The van der Waals surface area contributed by atoms with Crippen LogP contribution >= 0.6 is 0 Å². The molecule has 1 atom stereocenters. The van der Waals surface area contributed by atoms with E-state index in [9.17, 15) is 4.79 Å². The lowest BCUT2D eigenvalue weighted by Gasteiger charge is -2.38. The Hall–Kier alpha value is -1.57. The Balaban J connectivity index is 2.39. The van der Waals surface area contributed by atoms with Gasteiger partial charge in [-0.3, -0.25) is 0 Å². The van der Waals surface area contributed by atoms with Crippen LogP contribution in [0.3, 0.4) is 0 Å². The summed E-state index contributed by atoms with van der Waals surface area (Å²) in [4.78, 5) is 11.9. The van der Waals surface area contributed by atoms with Crippen molar-refractivity contribution in [3.8, 4) is 0 Å². The lowest BCUT2D eigenvalue weighted by molar-refractivity contribution is -0.158. The third-order valence-corrected chi connectivity index (χ3v) is 3.74. The largest absolute Gasteiger partial charge is 0.451 e. The molecule has 18 heavy (non-hydrogen) atoms. The van der Waals surface area contributed by atoms with E-state index in [0.717, 1.165) is 25.7 Å². The highest BCUT2D eigenvalue weighted by Crippen LogP contribution is 2.41. The van der Waals surface area contributed by atoms with Gasteiger partial charge in [-0.15, -0.1) is 0 Å². The van der Waals surface area contributed by atoms with E-state index in [-0.39, 0.29) is 5.97 Å². The summed E-state index contributed by atoms with van der Waals surface area (Å²) in [6, 6.07) is 8.28. The SMILES string of the molecule is C=C(C)C(=O)OC1(CC)CCCc2ccccc21. The molecule has 0 radical (unpaired) electrons. The molecule has 1 aliphatic rings. The monoisotopic (exact) mass is 244 g/mol. The highest BCUT2D eigenvalue weighted by molar-refractivity contribution is 5.87. The number of aryl methyl sites for hydroxylation is 1. The smallest absolute Gasteiger partial charge is 0.333 e. The van der Waals surface area contributed by atoms with E-state index < -0.39 is 5.60 Å². The fourth-order valence-corrected chi connectivity index (χ4v) is 2.69. The van der Waals surface area contributed by atoms with Crippen molar-refractivity contribution in [3.63, 3.8) is 0 Å². The van der Waals surface area contributed by atoms with Gasteiger partial charge in [0.25, 0.3) is 0 Å². The van der Waals surface area contributed by atoms with Crippen molar-refractivity contribution < 1.29 is 9.53 Å². The van der Waals surface area contributed by atoms with Gasteiger partial charge in [0, 0.05) is 5.57 Å². The van der Waals surface area contributed by atoms with E-state index >= 15 is 0 Å². The number of hydrogen-bond acceptors (Lipinski definition) is 2. The Kier molecular flexibility index (Phi) is 3.55. The van der Waals surface area contributed by atoms with E-state index in [4.69, 9.17) is 4.74 Å². The molecule has 1 aromatic carbocycles. The summed E-state index contributed by atoms with van der Waals surface area (Å²) in [5, 5.41) is 0. The second kappa shape index (κ2) is 4.97. The molecule has 1 unspecified atom stereocenters. The lowest BCUT2D eigenvalue weighted by atomic mass is 9.77. The van der Waals surface area contributed by atoms with E-state index in [1.165, 1.54) is 11.1 Å². The molecule has 2 nitrogen and oxygen atoms in total. The van der Waals surface area contributed by atoms with Gasteiger partial charge in [0.05, 0.1) is 0 Å². The summed E-state index contributed by atoms with van der Waals surface area (Å²) in [6.45, 7) is 7.44. The van der Waals surface area contributed by atoms with Crippen molar-refractivity contribution >= 4 is 5.97 Å². The lowest BCUT2D eigenvalue weighted by Crippen LogP contribution is -2.35. The number of carbonyl (C=O) groups is 1. The van der Waals surface area contributed by atoms with Crippen LogP contribution in [-0.4, -0.2) is 5.97 Å². The fraction of sp³-hybridized carbons (Fsp3) is 0.438. The van der Waals surface area contributed by atoms with Crippen LogP contribution in [0.15, 0.2) is 36.4 Å². The van der Waals surface area contributed by atoms with Gasteiger partial charge in [0.2, 0.25) is 0 Å². The second-order valence-corrected chi connectivity index (χ2v) is 5.03. The Labute approximate surface area is 109 Å². The first kappa shape index (κ1) is 12.9. The molecule has 1 aliphatic carbocycles. The molecule has 0 spiro atoms. The first-order valence-electron chi connectivity index (χ1n) is 6.56. The maximum absolute atomic E-state index is 11.9. The van der Waals surface area contributed by atoms with E-state index in [1.54, 1.807) is 6.92 Å². The standard InChI is InChI=1S/C16H20O2/c1-4-16(18-15(17)12(2)3)11-7-9-13-8-5-6-10-14(13)16/h5-6,8,10H,2,4,7,9,11H2,1,3H3. The molecule has 0 saturated carbocycles. The van der Waals surface area contributed by atoms with Crippen molar-refractivity contribution in [1.82, 2.24) is 0 Å². The number of fused-ring (bicyclic) bond motifs is 1. The van der Waals surface area contributed by atoms with E-state index in [2.05, 4.69) is 25.6 Å². The molecule has 0 saturated heterocycles. The summed E-state index contributed by atoms with van der Waals surface area (Å²) in [5.41, 5.74) is 2.49. The summed E-state index contributed by atoms with van der Waals surface area (Å²) in [7, 11) is 0. The molecule has 0 aromatic heterocycles. The average molecular weight is 244 g/mol. The molecule has 0 amide bonds. The van der Waals surface area contributed by atoms with Gasteiger partial charge in [-0.1, -0.05) is 37.8 Å². The minimum absolute atomic E-state index is 0.284. The molecule has 0 heterocycles. The number of esters is 1. The molecule has 96 valence electrons. The molecule has 2 heteroatoms. The number of ether oxygens (including phenoxy) is 1. The number of benzene rings is 1. The van der Waals surface area contributed by atoms with Gasteiger partial charge >= 0.3 is 5.97 Å². The van der Waals surface area contributed by atoms with Crippen LogP contribution in [0.5, 0.6) is 0 Å². The third kappa shape index (κ3) is 2.20. The molecular formula is C16H20O2. The zero-order valence-electron chi connectivity index (χ0n) is 11.2.